The number of nitrogens with zero attached hydrogens (tertiary/aromatic N) is 1. The Morgan fingerprint density at radius 2 is 2.00 bits per heavy atom. The number of carbonyl (C=O) groups excluding carboxylic acids is 1. The van der Waals surface area contributed by atoms with Crippen LogP contribution < -0.4 is 5.32 Å². The molecule has 0 atom stereocenters. The lowest BCUT2D eigenvalue weighted by atomic mass is 10.1. The molecule has 0 spiro atoms. The third-order valence-corrected chi connectivity index (χ3v) is 4.53. The van der Waals surface area contributed by atoms with Crippen LogP contribution in [0, 0.1) is 6.92 Å². The summed E-state index contributed by atoms with van der Waals surface area (Å²) >= 11 is 3.05. The van der Waals surface area contributed by atoms with Gasteiger partial charge in [-0.2, -0.15) is 11.3 Å². The van der Waals surface area contributed by atoms with Crippen LogP contribution in [0.3, 0.4) is 0 Å². The molecule has 0 unspecified atom stereocenters. The van der Waals surface area contributed by atoms with Gasteiger partial charge in [0.1, 0.15) is 0 Å². The molecule has 2 aromatic heterocycles. The highest BCUT2D eigenvalue weighted by atomic mass is 32.1. The van der Waals surface area contributed by atoms with Crippen LogP contribution in [0.1, 0.15) is 11.1 Å². The van der Waals surface area contributed by atoms with E-state index in [9.17, 15) is 4.79 Å². The van der Waals surface area contributed by atoms with E-state index in [0.717, 1.165) is 16.8 Å². The maximum Gasteiger partial charge on any atom is 0.230 e. The molecule has 1 aromatic carbocycles. The fourth-order valence-corrected chi connectivity index (χ4v) is 3.33. The maximum atomic E-state index is 11.9. The molecule has 0 aliphatic carbocycles. The fraction of sp³-hybridized carbons (Fsp3) is 0.125. The number of amides is 1. The SMILES string of the molecule is Cc1ccc(-c2csc(NC(=O)Cc3ccsc3)n2)cc1. The van der Waals surface area contributed by atoms with E-state index in [4.69, 9.17) is 0 Å². The fourth-order valence-electron chi connectivity index (χ4n) is 1.93. The summed E-state index contributed by atoms with van der Waals surface area (Å²) < 4.78 is 0. The van der Waals surface area contributed by atoms with E-state index in [1.54, 1.807) is 11.3 Å². The van der Waals surface area contributed by atoms with Crippen molar-refractivity contribution in [2.24, 2.45) is 0 Å². The molecule has 21 heavy (non-hydrogen) atoms. The molecule has 1 N–H and O–H groups in total. The van der Waals surface area contributed by atoms with Crippen LogP contribution in [0.2, 0.25) is 0 Å². The number of benzene rings is 1. The van der Waals surface area contributed by atoms with Gasteiger partial charge in [-0.15, -0.1) is 11.3 Å². The first-order chi connectivity index (χ1) is 10.2. The van der Waals surface area contributed by atoms with Crippen LogP contribution in [-0.2, 0) is 11.2 Å². The Bertz CT molecular complexity index is 730. The van der Waals surface area contributed by atoms with Gasteiger partial charge in [-0.25, -0.2) is 4.98 Å². The molecule has 0 saturated carbocycles. The number of thiophene rings is 1. The molecule has 0 fully saturated rings. The minimum atomic E-state index is -0.0294. The lowest BCUT2D eigenvalue weighted by Crippen LogP contribution is -2.13. The van der Waals surface area contributed by atoms with Crippen LogP contribution in [0.5, 0.6) is 0 Å². The number of thiazole rings is 1. The largest absolute Gasteiger partial charge is 0.302 e. The van der Waals surface area contributed by atoms with Gasteiger partial charge in [0.25, 0.3) is 0 Å². The molecule has 2 heterocycles. The second kappa shape index (κ2) is 6.20. The van der Waals surface area contributed by atoms with Gasteiger partial charge in [-0.3, -0.25) is 4.79 Å². The zero-order valence-corrected chi connectivity index (χ0v) is 13.1. The van der Waals surface area contributed by atoms with E-state index in [2.05, 4.69) is 29.4 Å². The number of carbonyl (C=O) groups is 1. The third-order valence-electron chi connectivity index (χ3n) is 3.04. The van der Waals surface area contributed by atoms with Gasteiger partial charge >= 0.3 is 0 Å². The molecule has 0 bridgehead atoms. The van der Waals surface area contributed by atoms with Crippen LogP contribution in [-0.4, -0.2) is 10.9 Å². The number of hydrogen-bond acceptors (Lipinski definition) is 4. The average Bonchev–Trinajstić information content (AvgIpc) is 3.11. The van der Waals surface area contributed by atoms with Crippen LogP contribution >= 0.6 is 22.7 Å². The predicted molar refractivity (Wildman–Crippen MR) is 88.9 cm³/mol. The number of anilines is 1. The zero-order valence-electron chi connectivity index (χ0n) is 11.5. The first-order valence-corrected chi connectivity index (χ1v) is 8.36. The van der Waals surface area contributed by atoms with Crippen molar-refractivity contribution in [3.05, 3.63) is 57.6 Å². The first-order valence-electron chi connectivity index (χ1n) is 6.54. The highest BCUT2D eigenvalue weighted by molar-refractivity contribution is 7.14. The van der Waals surface area contributed by atoms with Crippen molar-refractivity contribution in [2.75, 3.05) is 5.32 Å². The van der Waals surface area contributed by atoms with E-state index in [0.29, 0.717) is 11.6 Å². The summed E-state index contributed by atoms with van der Waals surface area (Å²) in [6, 6.07) is 10.2. The lowest BCUT2D eigenvalue weighted by molar-refractivity contribution is -0.115. The molecule has 1 amide bonds. The van der Waals surface area contributed by atoms with Crippen LogP contribution in [0.4, 0.5) is 5.13 Å². The number of rotatable bonds is 4. The number of hydrogen-bond donors (Lipinski definition) is 1. The van der Waals surface area contributed by atoms with Gasteiger partial charge in [-0.1, -0.05) is 29.8 Å². The van der Waals surface area contributed by atoms with E-state index in [1.807, 2.05) is 34.3 Å². The highest BCUT2D eigenvalue weighted by Crippen LogP contribution is 2.25. The minimum Gasteiger partial charge on any atom is -0.302 e. The monoisotopic (exact) mass is 314 g/mol. The summed E-state index contributed by atoms with van der Waals surface area (Å²) in [7, 11) is 0. The van der Waals surface area contributed by atoms with Crippen LogP contribution in [0.15, 0.2) is 46.5 Å². The molecule has 0 aliphatic heterocycles. The molecule has 3 nitrogen and oxygen atoms in total. The summed E-state index contributed by atoms with van der Waals surface area (Å²) in [4.78, 5) is 16.4. The highest BCUT2D eigenvalue weighted by Gasteiger charge is 2.09. The molecular weight excluding hydrogens is 300 g/mol. The number of aromatic nitrogens is 1. The van der Waals surface area contributed by atoms with Gasteiger partial charge < -0.3 is 5.32 Å². The van der Waals surface area contributed by atoms with Crippen molar-refractivity contribution in [1.82, 2.24) is 4.98 Å². The summed E-state index contributed by atoms with van der Waals surface area (Å²) in [6.45, 7) is 2.06. The summed E-state index contributed by atoms with van der Waals surface area (Å²) in [5.74, 6) is -0.0294. The zero-order chi connectivity index (χ0) is 14.7. The molecule has 3 aromatic rings. The second-order valence-electron chi connectivity index (χ2n) is 4.76. The standard InChI is InChI=1S/C16H14N2OS2/c1-11-2-4-13(5-3-11)14-10-21-16(17-14)18-15(19)8-12-6-7-20-9-12/h2-7,9-10H,8H2,1H3,(H,17,18,19). The van der Waals surface area contributed by atoms with E-state index >= 15 is 0 Å². The lowest BCUT2D eigenvalue weighted by Gasteiger charge is -2.00. The Labute approximate surface area is 131 Å². The Hall–Kier alpha value is -1.98. The Morgan fingerprint density at radius 3 is 2.71 bits per heavy atom. The van der Waals surface area contributed by atoms with E-state index in [-0.39, 0.29) is 5.91 Å². The Morgan fingerprint density at radius 1 is 1.19 bits per heavy atom. The Kier molecular flexibility index (Phi) is 4.13. The van der Waals surface area contributed by atoms with Gasteiger partial charge in [0.05, 0.1) is 12.1 Å². The maximum absolute atomic E-state index is 11.9. The summed E-state index contributed by atoms with van der Waals surface area (Å²) in [5, 5.41) is 9.42. The van der Waals surface area contributed by atoms with Crippen LogP contribution in [0.25, 0.3) is 11.3 Å². The van der Waals surface area contributed by atoms with Gasteiger partial charge in [0.15, 0.2) is 5.13 Å². The van der Waals surface area contributed by atoms with Crippen molar-refractivity contribution in [3.8, 4) is 11.3 Å². The second-order valence-corrected chi connectivity index (χ2v) is 6.40. The third kappa shape index (κ3) is 3.56. The molecule has 0 radical (unpaired) electrons. The molecule has 3 rings (SSSR count). The summed E-state index contributed by atoms with van der Waals surface area (Å²) in [5.41, 5.74) is 4.21. The summed E-state index contributed by atoms with van der Waals surface area (Å²) in [6.07, 6.45) is 0.392. The van der Waals surface area contributed by atoms with Crippen molar-refractivity contribution in [3.63, 3.8) is 0 Å². The molecule has 106 valence electrons. The Balaban J connectivity index is 1.67. The molecule has 0 aliphatic rings. The first kappa shape index (κ1) is 14.0. The van der Waals surface area contributed by atoms with Crippen molar-refractivity contribution in [2.45, 2.75) is 13.3 Å². The average molecular weight is 314 g/mol. The van der Waals surface area contributed by atoms with Crippen molar-refractivity contribution < 1.29 is 4.79 Å². The molecule has 5 heteroatoms. The number of nitrogens with one attached hydrogen (secondary N) is 1. The smallest absolute Gasteiger partial charge is 0.230 e. The predicted octanol–water partition coefficient (Wildman–Crippen LogP) is 4.36. The normalized spacial score (nSPS) is 10.5. The van der Waals surface area contributed by atoms with Gasteiger partial charge in [0, 0.05) is 10.9 Å². The van der Waals surface area contributed by atoms with E-state index < -0.39 is 0 Å². The molecule has 0 saturated heterocycles. The topological polar surface area (TPSA) is 42.0 Å². The number of aryl methyl sites for hydroxylation is 1. The molecular formula is C16H14N2OS2. The minimum absolute atomic E-state index is 0.0294. The van der Waals surface area contributed by atoms with Crippen molar-refractivity contribution >= 4 is 33.7 Å². The van der Waals surface area contributed by atoms with Crippen molar-refractivity contribution in [1.29, 1.82) is 0 Å². The quantitative estimate of drug-likeness (QED) is 0.777. The van der Waals surface area contributed by atoms with E-state index in [1.165, 1.54) is 16.9 Å². The van der Waals surface area contributed by atoms with Gasteiger partial charge in [-0.05, 0) is 29.3 Å². The van der Waals surface area contributed by atoms with Gasteiger partial charge in [0.2, 0.25) is 5.91 Å².